The number of hydrogen-bond acceptors (Lipinski definition) is 5. The van der Waals surface area contributed by atoms with Crippen LogP contribution in [0.3, 0.4) is 0 Å². The molecule has 7 heteroatoms. The highest BCUT2D eigenvalue weighted by molar-refractivity contribution is 6.48. The van der Waals surface area contributed by atoms with E-state index in [0.29, 0.717) is 0 Å². The van der Waals surface area contributed by atoms with Gasteiger partial charge < -0.3 is 19.2 Å². The van der Waals surface area contributed by atoms with E-state index in [0.717, 1.165) is 31.2 Å². The summed E-state index contributed by atoms with van der Waals surface area (Å²) in [5.41, 5.74) is 0.179. The minimum absolute atomic E-state index is 0.0441. The molecule has 5 unspecified atom stereocenters. The van der Waals surface area contributed by atoms with Gasteiger partial charge in [-0.2, -0.15) is 0 Å². The van der Waals surface area contributed by atoms with Crippen LogP contribution in [0.2, 0.25) is 13.1 Å². The summed E-state index contributed by atoms with van der Waals surface area (Å²) in [6, 6.07) is 9.73. The Hall–Kier alpha value is -1.86. The largest absolute Gasteiger partial charge is 0.469 e. The minimum atomic E-state index is -1.50. The fourth-order valence-electron chi connectivity index (χ4n) is 5.58. The Morgan fingerprint density at radius 1 is 1.00 bits per heavy atom. The highest BCUT2D eigenvalue weighted by Crippen LogP contribution is 2.48. The van der Waals surface area contributed by atoms with Crippen LogP contribution in [-0.4, -0.2) is 39.9 Å². The molecule has 35 heavy (non-hydrogen) atoms. The first-order valence-electron chi connectivity index (χ1n) is 13.0. The third kappa shape index (κ3) is 8.64. The van der Waals surface area contributed by atoms with Gasteiger partial charge in [-0.15, -0.1) is 0 Å². The number of ether oxygens (including phenoxy) is 2. The van der Waals surface area contributed by atoms with Gasteiger partial charge in [-0.3, -0.25) is 4.79 Å². The van der Waals surface area contributed by atoms with Crippen molar-refractivity contribution in [2.75, 3.05) is 7.11 Å². The van der Waals surface area contributed by atoms with Crippen LogP contribution >= 0.6 is 0 Å². The molecular weight excluding hydrogens is 458 g/mol. The van der Waals surface area contributed by atoms with Crippen molar-refractivity contribution in [2.45, 2.75) is 98.1 Å². The fraction of sp³-hybridized carbons (Fsp3) is 0.714. The van der Waals surface area contributed by atoms with Gasteiger partial charge in [0.1, 0.15) is 5.60 Å². The van der Waals surface area contributed by atoms with Crippen molar-refractivity contribution < 1.29 is 23.5 Å². The number of carbonyl (C=O) groups is 2. The second-order valence-electron chi connectivity index (χ2n) is 12.2. The molecule has 1 aromatic rings. The van der Waals surface area contributed by atoms with Gasteiger partial charge in [-0.25, -0.2) is 4.79 Å². The van der Waals surface area contributed by atoms with E-state index < -0.39 is 20.7 Å². The minimum Gasteiger partial charge on any atom is -0.469 e. The van der Waals surface area contributed by atoms with Gasteiger partial charge in [-0.1, -0.05) is 63.9 Å². The zero-order valence-corrected chi connectivity index (χ0v) is 24.4. The van der Waals surface area contributed by atoms with Crippen molar-refractivity contribution >= 4 is 21.1 Å². The Kier molecular flexibility index (Phi) is 10.4. The first-order valence-corrected chi connectivity index (χ1v) is 15.8. The maximum atomic E-state index is 13.2. The molecule has 1 aliphatic rings. The summed E-state index contributed by atoms with van der Waals surface area (Å²) in [6.45, 7) is 16.5. The predicted molar refractivity (Wildman–Crippen MR) is 143 cm³/mol. The van der Waals surface area contributed by atoms with Crippen molar-refractivity contribution in [3.05, 3.63) is 35.9 Å². The summed E-state index contributed by atoms with van der Waals surface area (Å²) in [5, 5.41) is 3.24. The van der Waals surface area contributed by atoms with E-state index in [4.69, 9.17) is 13.9 Å². The quantitative estimate of drug-likeness (QED) is 0.333. The van der Waals surface area contributed by atoms with Crippen molar-refractivity contribution in [3.63, 3.8) is 0 Å². The molecule has 2 rings (SSSR count). The number of amides is 1. The topological polar surface area (TPSA) is 73.9 Å². The Morgan fingerprint density at radius 2 is 1.60 bits per heavy atom. The summed E-state index contributed by atoms with van der Waals surface area (Å²) in [5.74, 6) is -0.346. The molecule has 1 saturated carbocycles. The third-order valence-electron chi connectivity index (χ3n) is 6.73. The zero-order chi connectivity index (χ0) is 26.4. The summed E-state index contributed by atoms with van der Waals surface area (Å²) >= 11 is 0. The molecule has 198 valence electrons. The molecule has 0 spiro atoms. The highest BCUT2D eigenvalue weighted by Gasteiger charge is 2.48. The Bertz CT molecular complexity index is 815. The molecule has 0 aromatic heterocycles. The fourth-order valence-corrected chi connectivity index (χ4v) is 6.50. The van der Waals surface area contributed by atoms with E-state index in [1.165, 1.54) is 7.11 Å². The number of carbonyl (C=O) groups excluding carboxylic acids is 2. The molecule has 1 aromatic carbocycles. The Morgan fingerprint density at radius 3 is 2.11 bits per heavy atom. The molecule has 0 aliphatic heterocycles. The lowest BCUT2D eigenvalue weighted by Crippen LogP contribution is -2.55. The van der Waals surface area contributed by atoms with Crippen LogP contribution in [0.5, 0.6) is 0 Å². The number of esters is 1. The van der Waals surface area contributed by atoms with Crippen LogP contribution in [-0.2, 0) is 18.7 Å². The lowest BCUT2D eigenvalue weighted by molar-refractivity contribution is -0.151. The van der Waals surface area contributed by atoms with Crippen LogP contribution in [0.1, 0.15) is 78.9 Å². The van der Waals surface area contributed by atoms with Gasteiger partial charge in [0.05, 0.1) is 25.2 Å². The predicted octanol–water partition coefficient (Wildman–Crippen LogP) is 6.26. The standard InChI is InChI=1S/C28H47NO5Si/c1-27(2,3)22(20-17-13-14-18-21(20)25(30)32-7)23(29-26(31)33-28(4,5)6)24(34-35(8)9)19-15-11-10-12-16-19/h10-12,15-16,20-24,35H,13-14,17-18H2,1-9H3,(H,29,31). The molecular formula is C28H47NO5Si. The molecule has 1 aliphatic carbocycles. The van der Waals surface area contributed by atoms with Gasteiger partial charge >= 0.3 is 12.1 Å². The average Bonchev–Trinajstić information content (AvgIpc) is 2.75. The van der Waals surface area contributed by atoms with Crippen molar-refractivity contribution in [3.8, 4) is 0 Å². The second kappa shape index (κ2) is 12.4. The van der Waals surface area contributed by atoms with Crippen molar-refractivity contribution in [1.82, 2.24) is 5.32 Å². The smallest absolute Gasteiger partial charge is 0.407 e. The molecule has 0 saturated heterocycles. The number of methoxy groups -OCH3 is 1. The van der Waals surface area contributed by atoms with Gasteiger partial charge in [0.2, 0.25) is 0 Å². The normalized spacial score (nSPS) is 21.7. The molecule has 5 atom stereocenters. The molecule has 0 radical (unpaired) electrons. The van der Waals surface area contributed by atoms with E-state index in [1.807, 2.05) is 39.0 Å². The zero-order valence-electron chi connectivity index (χ0n) is 23.2. The molecule has 0 bridgehead atoms. The third-order valence-corrected chi connectivity index (χ3v) is 7.57. The Labute approximate surface area is 214 Å². The lowest BCUT2D eigenvalue weighted by atomic mass is 9.60. The summed E-state index contributed by atoms with van der Waals surface area (Å²) in [6.07, 6.45) is 2.97. The van der Waals surface area contributed by atoms with Crippen molar-refractivity contribution in [2.24, 2.45) is 23.2 Å². The van der Waals surface area contributed by atoms with E-state index >= 15 is 0 Å². The highest BCUT2D eigenvalue weighted by atomic mass is 28.3. The van der Waals surface area contributed by atoms with Gasteiger partial charge in [-0.05, 0) is 69.5 Å². The summed E-state index contributed by atoms with van der Waals surface area (Å²) < 4.78 is 17.6. The monoisotopic (exact) mass is 505 g/mol. The van der Waals surface area contributed by atoms with Crippen LogP contribution in [0.25, 0.3) is 0 Å². The summed E-state index contributed by atoms with van der Waals surface area (Å²) in [7, 11) is -0.0360. The van der Waals surface area contributed by atoms with E-state index in [1.54, 1.807) is 0 Å². The number of alkyl carbamates (subject to hydrolysis) is 1. The molecule has 6 nitrogen and oxygen atoms in total. The van der Waals surface area contributed by atoms with E-state index in [2.05, 4.69) is 51.3 Å². The lowest BCUT2D eigenvalue weighted by Gasteiger charge is -2.48. The van der Waals surface area contributed by atoms with Gasteiger partial charge in [0.25, 0.3) is 0 Å². The summed E-state index contributed by atoms with van der Waals surface area (Å²) in [4.78, 5) is 26.1. The first-order chi connectivity index (χ1) is 16.2. The number of rotatable bonds is 8. The molecule has 1 amide bonds. The molecule has 1 fully saturated rings. The Balaban J connectivity index is 2.64. The second-order valence-corrected chi connectivity index (χ2v) is 14.5. The van der Waals surface area contributed by atoms with Crippen molar-refractivity contribution in [1.29, 1.82) is 0 Å². The molecule has 0 heterocycles. The van der Waals surface area contributed by atoms with Crippen LogP contribution < -0.4 is 5.32 Å². The van der Waals surface area contributed by atoms with E-state index in [-0.39, 0.29) is 41.3 Å². The molecule has 1 N–H and O–H groups in total. The van der Waals surface area contributed by atoms with E-state index in [9.17, 15) is 9.59 Å². The van der Waals surface area contributed by atoms with Crippen LogP contribution in [0.4, 0.5) is 4.79 Å². The first kappa shape index (κ1) is 29.4. The van der Waals surface area contributed by atoms with Crippen LogP contribution in [0.15, 0.2) is 30.3 Å². The maximum absolute atomic E-state index is 13.2. The van der Waals surface area contributed by atoms with Gasteiger partial charge in [0, 0.05) is 0 Å². The number of benzene rings is 1. The average molecular weight is 506 g/mol. The maximum Gasteiger partial charge on any atom is 0.407 e. The van der Waals surface area contributed by atoms with Gasteiger partial charge in [0.15, 0.2) is 9.04 Å². The van der Waals surface area contributed by atoms with Crippen LogP contribution in [0, 0.1) is 23.2 Å². The SMILES string of the molecule is COC(=O)C1CCCCC1C(C(NC(=O)OC(C)(C)C)C(O[SiH](C)C)c1ccccc1)C(C)(C)C. The number of hydrogen-bond donors (Lipinski definition) is 1. The number of nitrogens with one attached hydrogen (secondary N) is 1.